The number of carbonyl (C=O) groups is 1. The highest BCUT2D eigenvalue weighted by atomic mass is 32.2. The standard InChI is InChI=1S/C21H27N3O5S2/c1-30(26,27)24(19-8-3-2-4-9-19)17-7-10-21(25)22-18-11-13-20(14-12-18)31(28,29)23-15-5-6-16-23/h2-4,8-9,11-14H,5-7,10,15-17H2,1H3,(H,22,25). The number of amides is 1. The van der Waals surface area contributed by atoms with Gasteiger partial charge in [0, 0.05) is 31.7 Å². The molecule has 1 N–H and O–H groups in total. The molecule has 3 rings (SSSR count). The van der Waals surface area contributed by atoms with Gasteiger partial charge in [0.2, 0.25) is 26.0 Å². The zero-order valence-electron chi connectivity index (χ0n) is 17.4. The van der Waals surface area contributed by atoms with Gasteiger partial charge in [-0.05, 0) is 55.7 Å². The summed E-state index contributed by atoms with van der Waals surface area (Å²) in [6.45, 7) is 1.26. The molecule has 0 unspecified atom stereocenters. The van der Waals surface area contributed by atoms with Crippen molar-refractivity contribution in [1.82, 2.24) is 4.31 Å². The monoisotopic (exact) mass is 465 g/mol. The van der Waals surface area contributed by atoms with Crippen LogP contribution >= 0.6 is 0 Å². The number of hydrogen-bond acceptors (Lipinski definition) is 5. The number of carbonyl (C=O) groups excluding carboxylic acids is 1. The smallest absolute Gasteiger partial charge is 0.243 e. The maximum atomic E-state index is 12.6. The van der Waals surface area contributed by atoms with E-state index in [1.807, 2.05) is 0 Å². The highest BCUT2D eigenvalue weighted by molar-refractivity contribution is 7.92. The predicted octanol–water partition coefficient (Wildman–Crippen LogP) is 2.66. The van der Waals surface area contributed by atoms with Gasteiger partial charge < -0.3 is 5.32 Å². The fraction of sp³-hybridized carbons (Fsp3) is 0.381. The molecular formula is C21H27N3O5S2. The summed E-state index contributed by atoms with van der Waals surface area (Å²) in [6.07, 6.45) is 3.35. The topological polar surface area (TPSA) is 104 Å². The van der Waals surface area contributed by atoms with Gasteiger partial charge in [-0.15, -0.1) is 0 Å². The van der Waals surface area contributed by atoms with Gasteiger partial charge in [-0.1, -0.05) is 18.2 Å². The van der Waals surface area contributed by atoms with Crippen LogP contribution in [0.4, 0.5) is 11.4 Å². The minimum absolute atomic E-state index is 0.132. The van der Waals surface area contributed by atoms with Gasteiger partial charge >= 0.3 is 0 Å². The van der Waals surface area contributed by atoms with E-state index >= 15 is 0 Å². The largest absolute Gasteiger partial charge is 0.326 e. The van der Waals surface area contributed by atoms with Crippen LogP contribution in [0.15, 0.2) is 59.5 Å². The molecule has 10 heteroatoms. The van der Waals surface area contributed by atoms with Gasteiger partial charge in [-0.2, -0.15) is 4.31 Å². The summed E-state index contributed by atoms with van der Waals surface area (Å²) in [4.78, 5) is 12.5. The minimum Gasteiger partial charge on any atom is -0.326 e. The van der Waals surface area contributed by atoms with Gasteiger partial charge in [-0.3, -0.25) is 9.10 Å². The number of benzene rings is 2. The van der Waals surface area contributed by atoms with Crippen LogP contribution in [0.25, 0.3) is 0 Å². The molecular weight excluding hydrogens is 438 g/mol. The number of para-hydroxylation sites is 1. The van der Waals surface area contributed by atoms with Crippen LogP contribution in [0, 0.1) is 0 Å². The van der Waals surface area contributed by atoms with Gasteiger partial charge in [0.25, 0.3) is 0 Å². The van der Waals surface area contributed by atoms with Gasteiger partial charge in [0.15, 0.2) is 0 Å². The molecule has 1 fully saturated rings. The van der Waals surface area contributed by atoms with Crippen molar-refractivity contribution < 1.29 is 21.6 Å². The average Bonchev–Trinajstić information content (AvgIpc) is 3.27. The van der Waals surface area contributed by atoms with Gasteiger partial charge in [-0.25, -0.2) is 16.8 Å². The van der Waals surface area contributed by atoms with Crippen molar-refractivity contribution in [3.8, 4) is 0 Å². The van der Waals surface area contributed by atoms with Crippen molar-refractivity contribution in [1.29, 1.82) is 0 Å². The van der Waals surface area contributed by atoms with Crippen molar-refractivity contribution >= 4 is 37.3 Å². The second-order valence-corrected chi connectivity index (χ2v) is 11.3. The number of sulfonamides is 2. The molecule has 31 heavy (non-hydrogen) atoms. The van der Waals surface area contributed by atoms with Gasteiger partial charge in [0.05, 0.1) is 16.8 Å². The molecule has 0 aliphatic carbocycles. The maximum absolute atomic E-state index is 12.6. The van der Waals surface area contributed by atoms with E-state index in [0.29, 0.717) is 30.9 Å². The van der Waals surface area contributed by atoms with Crippen molar-refractivity contribution in [3.63, 3.8) is 0 Å². The van der Waals surface area contributed by atoms with E-state index in [1.165, 1.54) is 20.7 Å². The summed E-state index contributed by atoms with van der Waals surface area (Å²) in [5, 5.41) is 2.73. The van der Waals surface area contributed by atoms with Crippen LogP contribution in [0.3, 0.4) is 0 Å². The second-order valence-electron chi connectivity index (χ2n) is 7.46. The lowest BCUT2D eigenvalue weighted by atomic mass is 10.2. The quantitative estimate of drug-likeness (QED) is 0.613. The van der Waals surface area contributed by atoms with E-state index in [2.05, 4.69) is 5.32 Å². The van der Waals surface area contributed by atoms with E-state index in [4.69, 9.17) is 0 Å². The Labute approximate surface area is 184 Å². The Morgan fingerprint density at radius 2 is 1.58 bits per heavy atom. The number of rotatable bonds is 9. The number of hydrogen-bond donors (Lipinski definition) is 1. The first-order valence-corrected chi connectivity index (χ1v) is 13.4. The van der Waals surface area contributed by atoms with Gasteiger partial charge in [0.1, 0.15) is 0 Å². The summed E-state index contributed by atoms with van der Waals surface area (Å²) >= 11 is 0. The van der Waals surface area contributed by atoms with Crippen molar-refractivity contribution in [2.24, 2.45) is 0 Å². The molecule has 0 aromatic heterocycles. The van der Waals surface area contributed by atoms with Crippen LogP contribution in [0.5, 0.6) is 0 Å². The van der Waals surface area contributed by atoms with Crippen LogP contribution in [0.2, 0.25) is 0 Å². The van der Waals surface area contributed by atoms with Crippen LogP contribution in [-0.4, -0.2) is 52.9 Å². The summed E-state index contributed by atoms with van der Waals surface area (Å²) < 4.78 is 52.0. The Balaban J connectivity index is 1.55. The fourth-order valence-corrected chi connectivity index (χ4v) is 5.96. The lowest BCUT2D eigenvalue weighted by Crippen LogP contribution is -2.31. The molecule has 0 atom stereocenters. The molecule has 0 radical (unpaired) electrons. The highest BCUT2D eigenvalue weighted by Crippen LogP contribution is 2.22. The predicted molar refractivity (Wildman–Crippen MR) is 121 cm³/mol. The molecule has 1 heterocycles. The Hall–Kier alpha value is -2.43. The minimum atomic E-state index is -3.49. The van der Waals surface area contributed by atoms with Crippen LogP contribution < -0.4 is 9.62 Å². The van der Waals surface area contributed by atoms with Crippen LogP contribution in [0.1, 0.15) is 25.7 Å². The molecule has 168 valence electrons. The normalized spacial score (nSPS) is 15.0. The maximum Gasteiger partial charge on any atom is 0.243 e. The molecule has 0 bridgehead atoms. The lowest BCUT2D eigenvalue weighted by molar-refractivity contribution is -0.116. The Morgan fingerprint density at radius 3 is 2.16 bits per heavy atom. The van der Waals surface area contributed by atoms with E-state index in [0.717, 1.165) is 19.1 Å². The molecule has 1 saturated heterocycles. The third-order valence-corrected chi connectivity index (χ3v) is 8.16. The molecule has 1 aliphatic rings. The summed E-state index contributed by atoms with van der Waals surface area (Å²) in [5.74, 6) is -0.267. The zero-order valence-corrected chi connectivity index (χ0v) is 19.0. The first-order chi connectivity index (χ1) is 14.7. The lowest BCUT2D eigenvalue weighted by Gasteiger charge is -2.22. The fourth-order valence-electron chi connectivity index (χ4n) is 3.48. The number of nitrogens with one attached hydrogen (secondary N) is 1. The van der Waals surface area contributed by atoms with Crippen molar-refractivity contribution in [3.05, 3.63) is 54.6 Å². The Kier molecular flexibility index (Phi) is 7.34. The molecule has 0 spiro atoms. The van der Waals surface area contributed by atoms with E-state index in [1.54, 1.807) is 42.5 Å². The van der Waals surface area contributed by atoms with E-state index in [9.17, 15) is 21.6 Å². The van der Waals surface area contributed by atoms with Crippen molar-refractivity contribution in [2.75, 3.05) is 35.5 Å². The highest BCUT2D eigenvalue weighted by Gasteiger charge is 2.27. The molecule has 1 aliphatic heterocycles. The third kappa shape index (κ3) is 6.05. The molecule has 8 nitrogen and oxygen atoms in total. The van der Waals surface area contributed by atoms with Crippen molar-refractivity contribution in [2.45, 2.75) is 30.6 Å². The number of anilines is 2. The molecule has 2 aromatic rings. The summed E-state index contributed by atoms with van der Waals surface area (Å²) in [6, 6.07) is 14.8. The number of nitrogens with zero attached hydrogens (tertiary/aromatic N) is 2. The molecule has 2 aromatic carbocycles. The average molecular weight is 466 g/mol. The Morgan fingerprint density at radius 1 is 0.968 bits per heavy atom. The third-order valence-electron chi connectivity index (χ3n) is 5.05. The first-order valence-electron chi connectivity index (χ1n) is 10.1. The second kappa shape index (κ2) is 9.80. The van der Waals surface area contributed by atoms with E-state index in [-0.39, 0.29) is 23.8 Å². The van der Waals surface area contributed by atoms with E-state index < -0.39 is 20.0 Å². The summed E-state index contributed by atoms with van der Waals surface area (Å²) in [5.41, 5.74) is 1.05. The summed E-state index contributed by atoms with van der Waals surface area (Å²) in [7, 11) is -6.95. The van der Waals surface area contributed by atoms with Crippen LogP contribution in [-0.2, 0) is 24.8 Å². The SMILES string of the molecule is CS(=O)(=O)N(CCCC(=O)Nc1ccc(S(=O)(=O)N2CCCC2)cc1)c1ccccc1. The molecule has 1 amide bonds. The Bertz CT molecular complexity index is 1100. The molecule has 0 saturated carbocycles. The zero-order chi connectivity index (χ0) is 22.5. The first kappa shape index (κ1) is 23.2.